The third-order valence-corrected chi connectivity index (χ3v) is 3.35. The van der Waals surface area contributed by atoms with Crippen molar-refractivity contribution in [3.63, 3.8) is 0 Å². The molecule has 3 rings (SSSR count). The van der Waals surface area contributed by atoms with Crippen molar-refractivity contribution < 1.29 is 4.92 Å². The first-order valence-corrected chi connectivity index (χ1v) is 6.14. The monoisotopic (exact) mass is 258 g/mol. The zero-order valence-corrected chi connectivity index (χ0v) is 10.5. The van der Waals surface area contributed by atoms with E-state index < -0.39 is 4.92 Å². The number of rotatable bonds is 4. The Morgan fingerprint density at radius 3 is 2.84 bits per heavy atom. The highest BCUT2D eigenvalue weighted by Crippen LogP contribution is 2.43. The number of hydrogen-bond acceptors (Lipinski definition) is 4. The third-order valence-electron chi connectivity index (χ3n) is 3.35. The zero-order valence-electron chi connectivity index (χ0n) is 10.5. The van der Waals surface area contributed by atoms with Crippen molar-refractivity contribution in [1.82, 2.24) is 9.78 Å². The molecular weight excluding hydrogens is 244 g/mol. The molecule has 6 nitrogen and oxygen atoms in total. The highest BCUT2D eigenvalue weighted by atomic mass is 16.6. The molecule has 0 amide bonds. The normalized spacial score (nSPS) is 21.1. The number of benzene rings is 1. The van der Waals surface area contributed by atoms with Gasteiger partial charge in [0.2, 0.25) is 5.82 Å². The van der Waals surface area contributed by atoms with Crippen molar-refractivity contribution in [2.45, 2.75) is 18.4 Å². The standard InChI is InChI=1S/C13H14N4O2/c1-16-8-12(17(18)19)13(15-16)14-11-7-10(11)9-5-3-2-4-6-9/h2-6,8,10-11H,7H2,1H3,(H,14,15). The number of nitrogens with one attached hydrogen (secondary N) is 1. The van der Waals surface area contributed by atoms with Crippen LogP contribution in [0.1, 0.15) is 17.9 Å². The number of aromatic nitrogens is 2. The summed E-state index contributed by atoms with van der Waals surface area (Å²) in [7, 11) is 1.68. The van der Waals surface area contributed by atoms with Gasteiger partial charge in [-0.3, -0.25) is 14.8 Å². The summed E-state index contributed by atoms with van der Waals surface area (Å²) in [5, 5.41) is 18.2. The lowest BCUT2D eigenvalue weighted by atomic mass is 10.1. The van der Waals surface area contributed by atoms with Crippen molar-refractivity contribution in [2.24, 2.45) is 7.05 Å². The van der Waals surface area contributed by atoms with Crippen LogP contribution >= 0.6 is 0 Å². The van der Waals surface area contributed by atoms with Crippen molar-refractivity contribution in [3.8, 4) is 0 Å². The predicted molar refractivity (Wildman–Crippen MR) is 71.1 cm³/mol. The zero-order chi connectivity index (χ0) is 13.4. The molecule has 0 aliphatic heterocycles. The minimum atomic E-state index is -0.408. The van der Waals surface area contributed by atoms with Gasteiger partial charge in [0.1, 0.15) is 6.20 Å². The van der Waals surface area contributed by atoms with Gasteiger partial charge in [-0.25, -0.2) is 0 Å². The number of nitrogens with zero attached hydrogens (tertiary/aromatic N) is 3. The third kappa shape index (κ3) is 2.29. The maximum atomic E-state index is 10.9. The Labute approximate surface area is 110 Å². The molecule has 6 heteroatoms. The number of hydrogen-bond donors (Lipinski definition) is 1. The van der Waals surface area contributed by atoms with Crippen LogP contribution in [0.2, 0.25) is 0 Å². The lowest BCUT2D eigenvalue weighted by Crippen LogP contribution is -2.06. The van der Waals surface area contributed by atoms with Crippen LogP contribution in [0.25, 0.3) is 0 Å². The average Bonchev–Trinajstić information content (AvgIpc) is 3.05. The highest BCUT2D eigenvalue weighted by Gasteiger charge is 2.40. The summed E-state index contributed by atoms with van der Waals surface area (Å²) in [5.74, 6) is 0.777. The molecule has 19 heavy (non-hydrogen) atoms. The van der Waals surface area contributed by atoms with E-state index in [0.717, 1.165) is 6.42 Å². The van der Waals surface area contributed by atoms with E-state index in [2.05, 4.69) is 22.5 Å². The molecule has 1 aliphatic rings. The van der Waals surface area contributed by atoms with E-state index in [1.807, 2.05) is 18.2 Å². The first-order chi connectivity index (χ1) is 9.15. The van der Waals surface area contributed by atoms with E-state index in [1.54, 1.807) is 7.05 Å². The smallest absolute Gasteiger partial charge is 0.330 e. The van der Waals surface area contributed by atoms with Gasteiger partial charge in [0.05, 0.1) is 4.92 Å². The van der Waals surface area contributed by atoms with Crippen molar-refractivity contribution >= 4 is 11.5 Å². The Morgan fingerprint density at radius 1 is 1.42 bits per heavy atom. The first-order valence-electron chi connectivity index (χ1n) is 6.14. The molecule has 0 radical (unpaired) electrons. The number of aryl methyl sites for hydroxylation is 1. The van der Waals surface area contributed by atoms with Gasteiger partial charge >= 0.3 is 5.69 Å². The molecule has 1 fully saturated rings. The molecule has 2 aromatic rings. The quantitative estimate of drug-likeness (QED) is 0.674. The lowest BCUT2D eigenvalue weighted by Gasteiger charge is -2.02. The van der Waals surface area contributed by atoms with E-state index in [9.17, 15) is 10.1 Å². The van der Waals surface area contributed by atoms with Gasteiger partial charge in [-0.1, -0.05) is 30.3 Å². The molecule has 0 bridgehead atoms. The molecule has 1 aromatic heterocycles. The van der Waals surface area contributed by atoms with Crippen LogP contribution < -0.4 is 5.32 Å². The fourth-order valence-corrected chi connectivity index (χ4v) is 2.31. The van der Waals surface area contributed by atoms with Gasteiger partial charge in [0, 0.05) is 19.0 Å². The molecule has 2 atom stereocenters. The Bertz CT molecular complexity index is 608. The van der Waals surface area contributed by atoms with E-state index in [-0.39, 0.29) is 11.7 Å². The van der Waals surface area contributed by atoms with Gasteiger partial charge in [-0.15, -0.1) is 5.10 Å². The molecule has 98 valence electrons. The minimum absolute atomic E-state index is 0.0289. The molecule has 1 heterocycles. The maximum Gasteiger partial charge on any atom is 0.330 e. The largest absolute Gasteiger partial charge is 0.359 e. The summed E-state index contributed by atoms with van der Waals surface area (Å²) in [6.07, 6.45) is 2.40. The molecule has 2 unspecified atom stereocenters. The van der Waals surface area contributed by atoms with Crippen LogP contribution in [0.4, 0.5) is 11.5 Å². The van der Waals surface area contributed by atoms with E-state index in [4.69, 9.17) is 0 Å². The van der Waals surface area contributed by atoms with Crippen molar-refractivity contribution in [3.05, 3.63) is 52.2 Å². The number of anilines is 1. The fourth-order valence-electron chi connectivity index (χ4n) is 2.31. The molecule has 1 aromatic carbocycles. The molecular formula is C13H14N4O2. The first kappa shape index (κ1) is 11.7. The maximum absolute atomic E-state index is 10.9. The van der Waals surface area contributed by atoms with Crippen molar-refractivity contribution in [2.75, 3.05) is 5.32 Å². The van der Waals surface area contributed by atoms with Crippen LogP contribution in [-0.2, 0) is 7.05 Å². The van der Waals surface area contributed by atoms with Crippen LogP contribution in [0.15, 0.2) is 36.5 Å². The van der Waals surface area contributed by atoms with Gasteiger partial charge in [-0.05, 0) is 12.0 Å². The summed E-state index contributed by atoms with van der Waals surface area (Å²) in [4.78, 5) is 10.5. The van der Waals surface area contributed by atoms with Crippen molar-refractivity contribution in [1.29, 1.82) is 0 Å². The topological polar surface area (TPSA) is 73.0 Å². The molecule has 0 saturated heterocycles. The minimum Gasteiger partial charge on any atom is -0.359 e. The summed E-state index contributed by atoms with van der Waals surface area (Å²) in [6, 6.07) is 10.4. The van der Waals surface area contributed by atoms with E-state index in [0.29, 0.717) is 11.7 Å². The molecule has 1 saturated carbocycles. The SMILES string of the molecule is Cn1cc([N+](=O)[O-])c(NC2CC2c2ccccc2)n1. The average molecular weight is 258 g/mol. The Hall–Kier alpha value is -2.37. The summed E-state index contributed by atoms with van der Waals surface area (Å²) < 4.78 is 1.46. The summed E-state index contributed by atoms with van der Waals surface area (Å²) in [5.41, 5.74) is 1.29. The molecule has 0 spiro atoms. The van der Waals surface area contributed by atoms with Crippen LogP contribution in [0, 0.1) is 10.1 Å². The highest BCUT2D eigenvalue weighted by molar-refractivity contribution is 5.56. The van der Waals surface area contributed by atoms with E-state index >= 15 is 0 Å². The van der Waals surface area contributed by atoms with Gasteiger partial charge in [0.15, 0.2) is 0 Å². The lowest BCUT2D eigenvalue weighted by molar-refractivity contribution is -0.384. The Morgan fingerprint density at radius 2 is 2.16 bits per heavy atom. The second-order valence-electron chi connectivity index (χ2n) is 4.80. The Kier molecular flexibility index (Phi) is 2.70. The van der Waals surface area contributed by atoms with Crippen LogP contribution in [0.3, 0.4) is 0 Å². The van der Waals surface area contributed by atoms with Crippen LogP contribution in [-0.4, -0.2) is 20.7 Å². The van der Waals surface area contributed by atoms with E-state index in [1.165, 1.54) is 16.4 Å². The van der Waals surface area contributed by atoms with Crippen LogP contribution in [0.5, 0.6) is 0 Å². The number of nitro groups is 1. The van der Waals surface area contributed by atoms with Gasteiger partial charge in [-0.2, -0.15) is 0 Å². The van der Waals surface area contributed by atoms with Gasteiger partial charge < -0.3 is 5.32 Å². The molecule has 1 aliphatic carbocycles. The van der Waals surface area contributed by atoms with Gasteiger partial charge in [0.25, 0.3) is 0 Å². The molecule has 1 N–H and O–H groups in total. The second-order valence-corrected chi connectivity index (χ2v) is 4.80. The fraction of sp³-hybridized carbons (Fsp3) is 0.308. The predicted octanol–water partition coefficient (Wildman–Crippen LogP) is 2.30. The Balaban J connectivity index is 1.73. The summed E-state index contributed by atoms with van der Waals surface area (Å²) in [6.45, 7) is 0. The second kappa shape index (κ2) is 4.38. The summed E-state index contributed by atoms with van der Waals surface area (Å²) >= 11 is 0.